The minimum absolute atomic E-state index is 0.207. The van der Waals surface area contributed by atoms with Gasteiger partial charge in [0.2, 0.25) is 5.91 Å². The number of imide groups is 1. The Balaban J connectivity index is 2.42. The van der Waals surface area contributed by atoms with Crippen LogP contribution in [0.2, 0.25) is 0 Å². The van der Waals surface area contributed by atoms with Crippen molar-refractivity contribution in [3.05, 3.63) is 0 Å². The standard InChI is InChI=1S/C13H25N3O2/c1-3-14-13(18)15-12(17)11(2)16-9-7-5-4-6-8-10-16/h11H,3-10H2,1-2H3,(H2,14,15,17,18). The molecule has 5 heteroatoms. The van der Waals surface area contributed by atoms with Crippen molar-refractivity contribution in [2.45, 2.75) is 52.0 Å². The zero-order valence-corrected chi connectivity index (χ0v) is 11.5. The number of likely N-dealkylation sites (tertiary alicyclic amines) is 1. The summed E-state index contributed by atoms with van der Waals surface area (Å²) < 4.78 is 0. The van der Waals surface area contributed by atoms with Crippen LogP contribution in [-0.2, 0) is 4.79 Å². The van der Waals surface area contributed by atoms with Crippen LogP contribution in [0.4, 0.5) is 4.79 Å². The average Bonchev–Trinajstić information content (AvgIpc) is 2.27. The maximum atomic E-state index is 11.9. The van der Waals surface area contributed by atoms with Crippen molar-refractivity contribution in [1.29, 1.82) is 0 Å². The van der Waals surface area contributed by atoms with Gasteiger partial charge in [-0.2, -0.15) is 0 Å². The summed E-state index contributed by atoms with van der Waals surface area (Å²) in [5, 5.41) is 4.95. The summed E-state index contributed by atoms with van der Waals surface area (Å²) >= 11 is 0. The van der Waals surface area contributed by atoms with Gasteiger partial charge in [-0.05, 0) is 39.8 Å². The van der Waals surface area contributed by atoms with Gasteiger partial charge in [0.25, 0.3) is 0 Å². The minimum atomic E-state index is -0.401. The lowest BCUT2D eigenvalue weighted by Gasteiger charge is -2.29. The third kappa shape index (κ3) is 5.04. The summed E-state index contributed by atoms with van der Waals surface area (Å²) in [4.78, 5) is 25.4. The van der Waals surface area contributed by atoms with E-state index < -0.39 is 6.03 Å². The molecule has 0 aromatic heterocycles. The second-order valence-electron chi connectivity index (χ2n) is 4.83. The highest BCUT2D eigenvalue weighted by Gasteiger charge is 2.22. The first kappa shape index (κ1) is 15.0. The quantitative estimate of drug-likeness (QED) is 0.803. The highest BCUT2D eigenvalue weighted by atomic mass is 16.2. The van der Waals surface area contributed by atoms with Gasteiger partial charge in [-0.15, -0.1) is 0 Å². The van der Waals surface area contributed by atoms with Gasteiger partial charge in [-0.1, -0.05) is 19.3 Å². The molecule has 1 aliphatic heterocycles. The number of hydrogen-bond donors (Lipinski definition) is 2. The predicted molar refractivity (Wildman–Crippen MR) is 71.3 cm³/mol. The number of urea groups is 1. The Kier molecular flexibility index (Phi) is 6.72. The summed E-state index contributed by atoms with van der Waals surface area (Å²) in [6.07, 6.45) is 6.05. The van der Waals surface area contributed by atoms with E-state index in [1.165, 1.54) is 19.3 Å². The SMILES string of the molecule is CCNC(=O)NC(=O)C(C)N1CCCCCCC1. The van der Waals surface area contributed by atoms with Gasteiger partial charge in [-0.25, -0.2) is 4.79 Å². The van der Waals surface area contributed by atoms with Crippen molar-refractivity contribution in [3.63, 3.8) is 0 Å². The van der Waals surface area contributed by atoms with Crippen LogP contribution in [-0.4, -0.2) is 42.5 Å². The highest BCUT2D eigenvalue weighted by molar-refractivity contribution is 5.96. The van der Waals surface area contributed by atoms with E-state index in [-0.39, 0.29) is 11.9 Å². The lowest BCUT2D eigenvalue weighted by atomic mass is 10.1. The first-order chi connectivity index (χ1) is 8.65. The van der Waals surface area contributed by atoms with E-state index in [9.17, 15) is 9.59 Å². The number of nitrogens with one attached hydrogen (secondary N) is 2. The molecule has 0 aromatic carbocycles. The van der Waals surface area contributed by atoms with Crippen molar-refractivity contribution in [1.82, 2.24) is 15.5 Å². The minimum Gasteiger partial charge on any atom is -0.338 e. The van der Waals surface area contributed by atoms with Crippen LogP contribution in [0.1, 0.15) is 46.0 Å². The molecule has 1 aliphatic rings. The van der Waals surface area contributed by atoms with Gasteiger partial charge in [0.05, 0.1) is 6.04 Å². The van der Waals surface area contributed by atoms with E-state index >= 15 is 0 Å². The molecule has 18 heavy (non-hydrogen) atoms. The van der Waals surface area contributed by atoms with E-state index in [1.807, 2.05) is 13.8 Å². The first-order valence-corrected chi connectivity index (χ1v) is 6.98. The topological polar surface area (TPSA) is 61.4 Å². The molecule has 1 rings (SSSR count). The molecule has 1 unspecified atom stereocenters. The summed E-state index contributed by atoms with van der Waals surface area (Å²) in [5.41, 5.74) is 0. The number of nitrogens with zero attached hydrogens (tertiary/aromatic N) is 1. The molecule has 1 atom stereocenters. The molecule has 0 bridgehead atoms. The van der Waals surface area contributed by atoms with Gasteiger partial charge in [0.1, 0.15) is 0 Å². The van der Waals surface area contributed by atoms with E-state index in [0.29, 0.717) is 6.54 Å². The molecule has 0 aromatic rings. The number of amides is 3. The van der Waals surface area contributed by atoms with Gasteiger partial charge >= 0.3 is 6.03 Å². The molecule has 1 heterocycles. The van der Waals surface area contributed by atoms with Crippen molar-refractivity contribution in [2.75, 3.05) is 19.6 Å². The fourth-order valence-electron chi connectivity index (χ4n) is 2.25. The lowest BCUT2D eigenvalue weighted by Crippen LogP contribution is -2.50. The molecule has 2 N–H and O–H groups in total. The Hall–Kier alpha value is -1.10. The largest absolute Gasteiger partial charge is 0.338 e. The summed E-state index contributed by atoms with van der Waals surface area (Å²) in [6.45, 7) is 6.12. The zero-order valence-electron chi connectivity index (χ0n) is 11.5. The van der Waals surface area contributed by atoms with Crippen LogP contribution in [0.3, 0.4) is 0 Å². The van der Waals surface area contributed by atoms with E-state index in [4.69, 9.17) is 0 Å². The summed E-state index contributed by atoms with van der Waals surface area (Å²) in [7, 11) is 0. The monoisotopic (exact) mass is 255 g/mol. The van der Waals surface area contributed by atoms with Crippen molar-refractivity contribution in [2.24, 2.45) is 0 Å². The lowest BCUT2D eigenvalue weighted by molar-refractivity contribution is -0.124. The molecule has 0 aliphatic carbocycles. The van der Waals surface area contributed by atoms with Crippen LogP contribution in [0, 0.1) is 0 Å². The fourth-order valence-corrected chi connectivity index (χ4v) is 2.25. The Morgan fingerprint density at radius 2 is 1.67 bits per heavy atom. The first-order valence-electron chi connectivity index (χ1n) is 6.98. The molecule has 0 saturated carbocycles. The van der Waals surface area contributed by atoms with Gasteiger partial charge in [-0.3, -0.25) is 15.0 Å². The molecular weight excluding hydrogens is 230 g/mol. The molecule has 0 spiro atoms. The smallest absolute Gasteiger partial charge is 0.321 e. The average molecular weight is 255 g/mol. The van der Waals surface area contributed by atoms with Crippen LogP contribution in [0.25, 0.3) is 0 Å². The molecule has 104 valence electrons. The van der Waals surface area contributed by atoms with E-state index in [1.54, 1.807) is 0 Å². The number of rotatable bonds is 3. The molecule has 5 nitrogen and oxygen atoms in total. The Labute approximate surface area is 109 Å². The molecule has 0 radical (unpaired) electrons. The predicted octanol–water partition coefficient (Wildman–Crippen LogP) is 1.49. The number of hydrogen-bond acceptors (Lipinski definition) is 3. The molecular formula is C13H25N3O2. The normalized spacial score (nSPS) is 19.4. The maximum absolute atomic E-state index is 11.9. The summed E-state index contributed by atoms with van der Waals surface area (Å²) in [5.74, 6) is -0.207. The molecule has 1 saturated heterocycles. The molecule has 3 amide bonds. The van der Waals surface area contributed by atoms with Crippen molar-refractivity contribution < 1.29 is 9.59 Å². The highest BCUT2D eigenvalue weighted by Crippen LogP contribution is 2.12. The van der Waals surface area contributed by atoms with Crippen LogP contribution in [0.15, 0.2) is 0 Å². The fraction of sp³-hybridized carbons (Fsp3) is 0.846. The number of carbonyl (C=O) groups is 2. The second-order valence-corrected chi connectivity index (χ2v) is 4.83. The van der Waals surface area contributed by atoms with Gasteiger partial charge in [0, 0.05) is 6.54 Å². The Bertz CT molecular complexity index is 273. The van der Waals surface area contributed by atoms with Crippen molar-refractivity contribution >= 4 is 11.9 Å². The summed E-state index contributed by atoms with van der Waals surface area (Å²) in [6, 6.07) is -0.632. The maximum Gasteiger partial charge on any atom is 0.321 e. The Morgan fingerprint density at radius 1 is 1.11 bits per heavy atom. The third-order valence-corrected chi connectivity index (χ3v) is 3.39. The number of carbonyl (C=O) groups excluding carboxylic acids is 2. The van der Waals surface area contributed by atoms with Crippen molar-refractivity contribution in [3.8, 4) is 0 Å². The van der Waals surface area contributed by atoms with Crippen LogP contribution in [0.5, 0.6) is 0 Å². The third-order valence-electron chi connectivity index (χ3n) is 3.39. The van der Waals surface area contributed by atoms with E-state index in [0.717, 1.165) is 25.9 Å². The van der Waals surface area contributed by atoms with E-state index in [2.05, 4.69) is 15.5 Å². The van der Waals surface area contributed by atoms with Gasteiger partial charge in [0.15, 0.2) is 0 Å². The molecule has 1 fully saturated rings. The second kappa shape index (κ2) is 8.08. The van der Waals surface area contributed by atoms with Gasteiger partial charge < -0.3 is 5.32 Å². The van der Waals surface area contributed by atoms with Crippen LogP contribution < -0.4 is 10.6 Å². The Morgan fingerprint density at radius 3 is 2.22 bits per heavy atom. The zero-order chi connectivity index (χ0) is 13.4. The van der Waals surface area contributed by atoms with Crippen LogP contribution >= 0.6 is 0 Å².